The molecule has 0 unspecified atom stereocenters. The summed E-state index contributed by atoms with van der Waals surface area (Å²) in [5.41, 5.74) is 0.807. The van der Waals surface area contributed by atoms with Crippen LogP contribution in [0.15, 0.2) is 53.4 Å². The Morgan fingerprint density at radius 2 is 1.50 bits per heavy atom. The molecule has 0 spiro atoms. The van der Waals surface area contributed by atoms with Gasteiger partial charge in [0.25, 0.3) is 0 Å². The van der Waals surface area contributed by atoms with Crippen molar-refractivity contribution in [3.05, 3.63) is 59.7 Å². The van der Waals surface area contributed by atoms with Crippen LogP contribution < -0.4 is 4.74 Å². The molecule has 126 valence electrons. The first-order valence-corrected chi connectivity index (χ1v) is 9.00. The molecule has 0 atom stereocenters. The van der Waals surface area contributed by atoms with E-state index >= 15 is 0 Å². The minimum Gasteiger partial charge on any atom is -0.462 e. The Bertz CT molecular complexity index is 678. The topological polar surface area (TPSA) is 52.6 Å². The summed E-state index contributed by atoms with van der Waals surface area (Å²) in [6.45, 7) is 2.44. The molecule has 0 saturated heterocycles. The van der Waals surface area contributed by atoms with E-state index in [1.165, 1.54) is 0 Å². The number of thioether (sulfide) groups is 1. The lowest BCUT2D eigenvalue weighted by atomic mass is 10.1. The van der Waals surface area contributed by atoms with Crippen molar-refractivity contribution in [1.29, 1.82) is 0 Å². The van der Waals surface area contributed by atoms with Crippen molar-refractivity contribution in [3.8, 4) is 5.75 Å². The predicted octanol–water partition coefficient (Wildman–Crippen LogP) is 4.58. The van der Waals surface area contributed by atoms with E-state index in [0.29, 0.717) is 23.5 Å². The van der Waals surface area contributed by atoms with E-state index in [0.717, 1.165) is 17.7 Å². The molecule has 0 radical (unpaired) electrons. The highest BCUT2D eigenvalue weighted by atomic mass is 32.2. The van der Waals surface area contributed by atoms with E-state index in [2.05, 4.69) is 0 Å². The molecule has 0 bridgehead atoms. The summed E-state index contributed by atoms with van der Waals surface area (Å²) in [6, 6.07) is 13.6. The summed E-state index contributed by atoms with van der Waals surface area (Å²) in [5.74, 6) is -0.352. The van der Waals surface area contributed by atoms with E-state index in [4.69, 9.17) is 9.47 Å². The first-order chi connectivity index (χ1) is 11.6. The zero-order valence-electron chi connectivity index (χ0n) is 13.8. The number of rotatable bonds is 7. The smallest absolute Gasteiger partial charge is 0.343 e. The van der Waals surface area contributed by atoms with Gasteiger partial charge >= 0.3 is 11.9 Å². The molecule has 0 aliphatic heterocycles. The van der Waals surface area contributed by atoms with Crippen molar-refractivity contribution < 1.29 is 19.1 Å². The van der Waals surface area contributed by atoms with Gasteiger partial charge in [-0.25, -0.2) is 9.59 Å². The molecule has 0 fully saturated rings. The van der Waals surface area contributed by atoms with Crippen LogP contribution in [0.25, 0.3) is 0 Å². The van der Waals surface area contributed by atoms with Gasteiger partial charge in [0, 0.05) is 4.90 Å². The van der Waals surface area contributed by atoms with E-state index in [9.17, 15) is 9.59 Å². The fourth-order valence-corrected chi connectivity index (χ4v) is 2.35. The van der Waals surface area contributed by atoms with Crippen LogP contribution in [0.1, 0.15) is 40.5 Å². The average molecular weight is 344 g/mol. The summed E-state index contributed by atoms with van der Waals surface area (Å²) in [4.78, 5) is 25.0. The molecule has 0 saturated carbocycles. The molecule has 0 N–H and O–H groups in total. The van der Waals surface area contributed by atoms with Crippen LogP contribution in [-0.4, -0.2) is 24.8 Å². The van der Waals surface area contributed by atoms with Gasteiger partial charge < -0.3 is 9.47 Å². The molecule has 2 aromatic rings. The average Bonchev–Trinajstić information content (AvgIpc) is 2.62. The monoisotopic (exact) mass is 344 g/mol. The first kappa shape index (κ1) is 18.1. The predicted molar refractivity (Wildman–Crippen MR) is 94.8 cm³/mol. The lowest BCUT2D eigenvalue weighted by Gasteiger charge is -2.06. The van der Waals surface area contributed by atoms with Crippen molar-refractivity contribution in [2.24, 2.45) is 0 Å². The number of esters is 2. The summed E-state index contributed by atoms with van der Waals surface area (Å²) in [7, 11) is 0. The lowest BCUT2D eigenvalue weighted by Crippen LogP contribution is -2.10. The Morgan fingerprint density at radius 3 is 2.04 bits per heavy atom. The van der Waals surface area contributed by atoms with Gasteiger partial charge in [0.2, 0.25) is 0 Å². The maximum absolute atomic E-state index is 12.1. The number of hydrogen-bond donors (Lipinski definition) is 0. The second-order valence-corrected chi connectivity index (χ2v) is 6.01. The van der Waals surface area contributed by atoms with Crippen molar-refractivity contribution >= 4 is 23.7 Å². The molecule has 0 aromatic heterocycles. The largest absolute Gasteiger partial charge is 0.462 e. The summed E-state index contributed by atoms with van der Waals surface area (Å²) in [5, 5.41) is 0. The molecule has 0 aliphatic rings. The van der Waals surface area contributed by atoms with Gasteiger partial charge in [-0.05, 0) is 61.2 Å². The van der Waals surface area contributed by atoms with E-state index in [-0.39, 0.29) is 5.97 Å². The van der Waals surface area contributed by atoms with Gasteiger partial charge in [-0.1, -0.05) is 13.3 Å². The van der Waals surface area contributed by atoms with E-state index in [1.807, 2.05) is 25.3 Å². The number of carbonyl (C=O) groups excluding carboxylic acids is 2. The Kier molecular flexibility index (Phi) is 6.88. The van der Waals surface area contributed by atoms with Crippen LogP contribution in [-0.2, 0) is 4.74 Å². The SMILES string of the molecule is CCCCOC(=O)c1ccc(C(=O)Oc2ccc(SC)cc2)cc1. The molecule has 5 heteroatoms. The highest BCUT2D eigenvalue weighted by molar-refractivity contribution is 7.98. The van der Waals surface area contributed by atoms with Crippen molar-refractivity contribution in [3.63, 3.8) is 0 Å². The standard InChI is InChI=1S/C19H20O4S/c1-3-4-13-22-18(20)14-5-7-15(8-6-14)19(21)23-16-9-11-17(24-2)12-10-16/h5-12H,3-4,13H2,1-2H3. The molecule has 0 heterocycles. The number of unbranched alkanes of at least 4 members (excludes halogenated alkanes) is 1. The number of benzene rings is 2. The molecule has 4 nitrogen and oxygen atoms in total. The summed E-state index contributed by atoms with van der Waals surface area (Å²) < 4.78 is 10.4. The second-order valence-electron chi connectivity index (χ2n) is 5.13. The zero-order valence-corrected chi connectivity index (χ0v) is 14.6. The van der Waals surface area contributed by atoms with Gasteiger partial charge in [-0.3, -0.25) is 0 Å². The minimum absolute atomic E-state index is 0.379. The molecule has 0 amide bonds. The van der Waals surface area contributed by atoms with Crippen LogP contribution in [0.4, 0.5) is 0 Å². The van der Waals surface area contributed by atoms with Gasteiger partial charge in [0.1, 0.15) is 5.75 Å². The Morgan fingerprint density at radius 1 is 0.917 bits per heavy atom. The van der Waals surface area contributed by atoms with Gasteiger partial charge in [0.15, 0.2) is 0 Å². The Balaban J connectivity index is 1.96. The summed E-state index contributed by atoms with van der Waals surface area (Å²) in [6.07, 6.45) is 3.79. The normalized spacial score (nSPS) is 10.2. The van der Waals surface area contributed by atoms with E-state index in [1.54, 1.807) is 48.2 Å². The van der Waals surface area contributed by atoms with Crippen LogP contribution in [0.3, 0.4) is 0 Å². The fourth-order valence-electron chi connectivity index (χ4n) is 1.94. The quantitative estimate of drug-likeness (QED) is 0.318. The Labute approximate surface area is 146 Å². The molecular weight excluding hydrogens is 324 g/mol. The van der Waals surface area contributed by atoms with Crippen LogP contribution in [0, 0.1) is 0 Å². The molecular formula is C19H20O4S. The fraction of sp³-hybridized carbons (Fsp3) is 0.263. The second kappa shape index (κ2) is 9.13. The molecule has 2 aromatic carbocycles. The minimum atomic E-state index is -0.460. The van der Waals surface area contributed by atoms with Gasteiger partial charge in [-0.2, -0.15) is 0 Å². The third kappa shape index (κ3) is 5.13. The maximum atomic E-state index is 12.1. The van der Waals surface area contributed by atoms with Crippen molar-refractivity contribution in [1.82, 2.24) is 0 Å². The molecule has 0 aliphatic carbocycles. The van der Waals surface area contributed by atoms with Gasteiger partial charge in [0.05, 0.1) is 17.7 Å². The maximum Gasteiger partial charge on any atom is 0.343 e. The first-order valence-electron chi connectivity index (χ1n) is 7.77. The van der Waals surface area contributed by atoms with Crippen molar-refractivity contribution in [2.75, 3.05) is 12.9 Å². The van der Waals surface area contributed by atoms with E-state index < -0.39 is 5.97 Å². The highest BCUT2D eigenvalue weighted by Gasteiger charge is 2.11. The Hall–Kier alpha value is -2.27. The van der Waals surface area contributed by atoms with Crippen LogP contribution in [0.2, 0.25) is 0 Å². The third-order valence-corrected chi connectivity index (χ3v) is 4.10. The summed E-state index contributed by atoms with van der Waals surface area (Å²) >= 11 is 1.62. The van der Waals surface area contributed by atoms with Crippen molar-refractivity contribution in [2.45, 2.75) is 24.7 Å². The number of carbonyl (C=O) groups is 2. The lowest BCUT2D eigenvalue weighted by molar-refractivity contribution is 0.0499. The molecule has 2 rings (SSSR count). The van der Waals surface area contributed by atoms with Crippen LogP contribution >= 0.6 is 11.8 Å². The highest BCUT2D eigenvalue weighted by Crippen LogP contribution is 2.20. The number of hydrogen-bond acceptors (Lipinski definition) is 5. The zero-order chi connectivity index (χ0) is 17.4. The number of ether oxygens (including phenoxy) is 2. The van der Waals surface area contributed by atoms with Gasteiger partial charge in [-0.15, -0.1) is 11.8 Å². The van der Waals surface area contributed by atoms with Crippen LogP contribution in [0.5, 0.6) is 5.75 Å². The molecule has 24 heavy (non-hydrogen) atoms. The third-order valence-electron chi connectivity index (χ3n) is 3.36.